The number of ether oxygens (including phenoxy) is 1. The van der Waals surface area contributed by atoms with Gasteiger partial charge in [-0.3, -0.25) is 5.32 Å². The van der Waals surface area contributed by atoms with Crippen LogP contribution in [0, 0.1) is 11.3 Å². The first-order valence-electron chi connectivity index (χ1n) is 7.48. The van der Waals surface area contributed by atoms with Crippen molar-refractivity contribution in [1.82, 2.24) is 5.32 Å². The van der Waals surface area contributed by atoms with Gasteiger partial charge < -0.3 is 4.74 Å². The summed E-state index contributed by atoms with van der Waals surface area (Å²) in [5, 5.41) is 12.4. The Hall–Kier alpha value is -3.06. The van der Waals surface area contributed by atoms with Gasteiger partial charge >= 0.3 is 6.09 Å². The topological polar surface area (TPSA) is 62.1 Å². The lowest BCUT2D eigenvalue weighted by Crippen LogP contribution is -2.23. The average molecular weight is 304 g/mol. The number of nitrogens with one attached hydrogen (secondary N) is 1. The summed E-state index contributed by atoms with van der Waals surface area (Å²) in [6.45, 7) is 2.03. The lowest BCUT2D eigenvalue weighted by atomic mass is 9.89. The maximum absolute atomic E-state index is 11.8. The third-order valence-electron chi connectivity index (χ3n) is 3.85. The molecule has 2 aromatic carbocycles. The van der Waals surface area contributed by atoms with Crippen molar-refractivity contribution < 1.29 is 9.53 Å². The van der Waals surface area contributed by atoms with Crippen LogP contribution in [0.15, 0.2) is 60.2 Å². The van der Waals surface area contributed by atoms with Gasteiger partial charge in [-0.05, 0) is 18.1 Å². The summed E-state index contributed by atoms with van der Waals surface area (Å²) in [7, 11) is 0. The normalized spacial score (nSPS) is 15.7. The second kappa shape index (κ2) is 6.37. The molecule has 4 heteroatoms. The Kier molecular flexibility index (Phi) is 4.11. The Morgan fingerprint density at radius 1 is 1.17 bits per heavy atom. The minimum absolute atomic E-state index is 0.172. The maximum atomic E-state index is 11.8. The number of allylic oxidation sites excluding steroid dienone is 1. The van der Waals surface area contributed by atoms with Gasteiger partial charge in [0, 0.05) is 11.5 Å². The van der Waals surface area contributed by atoms with Crippen molar-refractivity contribution in [3.8, 4) is 6.07 Å². The molecule has 1 N–H and O–H groups in total. The van der Waals surface area contributed by atoms with Crippen LogP contribution in [0.5, 0.6) is 0 Å². The van der Waals surface area contributed by atoms with Crippen molar-refractivity contribution in [3.63, 3.8) is 0 Å². The molecule has 0 unspecified atom stereocenters. The van der Waals surface area contributed by atoms with Crippen molar-refractivity contribution in [2.75, 3.05) is 6.61 Å². The van der Waals surface area contributed by atoms with Crippen LogP contribution in [-0.4, -0.2) is 12.7 Å². The number of rotatable bonds is 3. The largest absolute Gasteiger partial charge is 0.450 e. The smallest absolute Gasteiger partial charge is 0.411 e. The molecule has 4 nitrogen and oxygen atoms in total. The number of carbonyl (C=O) groups excluding carboxylic acids is 1. The van der Waals surface area contributed by atoms with Crippen molar-refractivity contribution in [3.05, 3.63) is 76.9 Å². The van der Waals surface area contributed by atoms with Crippen LogP contribution in [0.1, 0.15) is 29.5 Å². The van der Waals surface area contributed by atoms with E-state index in [9.17, 15) is 10.1 Å². The van der Waals surface area contributed by atoms with E-state index in [4.69, 9.17) is 4.74 Å². The second-order valence-corrected chi connectivity index (χ2v) is 5.18. The van der Waals surface area contributed by atoms with Gasteiger partial charge in [0.25, 0.3) is 0 Å². The summed E-state index contributed by atoms with van der Waals surface area (Å²) in [6.07, 6.45) is -0.543. The quantitative estimate of drug-likeness (QED) is 0.937. The van der Waals surface area contributed by atoms with Gasteiger partial charge in [0.05, 0.1) is 23.9 Å². The van der Waals surface area contributed by atoms with E-state index in [0.717, 1.165) is 16.7 Å². The summed E-state index contributed by atoms with van der Waals surface area (Å²) < 4.78 is 4.96. The summed E-state index contributed by atoms with van der Waals surface area (Å²) in [6, 6.07) is 19.8. The molecule has 0 spiro atoms. The highest BCUT2D eigenvalue weighted by Gasteiger charge is 2.33. The van der Waals surface area contributed by atoms with Crippen molar-refractivity contribution in [1.29, 1.82) is 5.26 Å². The van der Waals surface area contributed by atoms with Crippen LogP contribution in [-0.2, 0) is 4.74 Å². The fourth-order valence-electron chi connectivity index (χ4n) is 2.94. The minimum atomic E-state index is -0.543. The summed E-state index contributed by atoms with van der Waals surface area (Å²) in [5.74, 6) is -0.172. The zero-order valence-corrected chi connectivity index (χ0v) is 12.7. The monoisotopic (exact) mass is 304 g/mol. The fraction of sp³-hybridized carbons (Fsp3) is 0.158. The number of nitrogens with zero attached hydrogens (tertiary/aromatic N) is 1. The Balaban J connectivity index is 2.11. The molecule has 23 heavy (non-hydrogen) atoms. The number of hydrogen-bond donors (Lipinski definition) is 1. The van der Waals surface area contributed by atoms with Crippen LogP contribution in [0.2, 0.25) is 0 Å². The molecule has 0 aromatic heterocycles. The molecule has 1 aliphatic carbocycles. The third-order valence-corrected chi connectivity index (χ3v) is 3.85. The number of benzene rings is 2. The summed E-state index contributed by atoms with van der Waals surface area (Å²) in [4.78, 5) is 11.8. The van der Waals surface area contributed by atoms with Crippen LogP contribution in [0.25, 0.3) is 5.70 Å². The Morgan fingerprint density at radius 2 is 1.87 bits per heavy atom. The van der Waals surface area contributed by atoms with E-state index >= 15 is 0 Å². The Bertz CT molecular complexity index is 804. The molecule has 3 rings (SSSR count). The number of nitriles is 1. The molecule has 0 saturated heterocycles. The minimum Gasteiger partial charge on any atom is -0.450 e. The van der Waals surface area contributed by atoms with E-state index in [-0.39, 0.29) is 12.5 Å². The lowest BCUT2D eigenvalue weighted by molar-refractivity contribution is 0.157. The number of hydrogen-bond acceptors (Lipinski definition) is 3. The highest BCUT2D eigenvalue weighted by atomic mass is 16.5. The predicted octanol–water partition coefficient (Wildman–Crippen LogP) is 3.81. The molecule has 0 bridgehead atoms. The number of carbonyl (C=O) groups is 1. The Morgan fingerprint density at radius 3 is 2.57 bits per heavy atom. The molecule has 1 amide bonds. The van der Waals surface area contributed by atoms with E-state index in [0.29, 0.717) is 11.3 Å². The van der Waals surface area contributed by atoms with Gasteiger partial charge in [-0.2, -0.15) is 5.26 Å². The lowest BCUT2D eigenvalue weighted by Gasteiger charge is -2.12. The van der Waals surface area contributed by atoms with Gasteiger partial charge in [0.15, 0.2) is 0 Å². The maximum Gasteiger partial charge on any atom is 0.411 e. The van der Waals surface area contributed by atoms with Crippen LogP contribution < -0.4 is 5.32 Å². The van der Waals surface area contributed by atoms with E-state index in [1.165, 1.54) is 0 Å². The highest BCUT2D eigenvalue weighted by Crippen LogP contribution is 2.44. The van der Waals surface area contributed by atoms with Gasteiger partial charge in [0.2, 0.25) is 0 Å². The zero-order chi connectivity index (χ0) is 16.2. The average Bonchev–Trinajstić information content (AvgIpc) is 2.89. The molecule has 0 aliphatic heterocycles. The number of fused-ring (bicyclic) bond motifs is 1. The van der Waals surface area contributed by atoms with E-state index in [1.807, 2.05) is 54.6 Å². The molecular formula is C19H16N2O2. The second-order valence-electron chi connectivity index (χ2n) is 5.18. The first-order chi connectivity index (χ1) is 11.3. The van der Waals surface area contributed by atoms with E-state index in [1.54, 1.807) is 6.92 Å². The Labute approximate surface area is 135 Å². The van der Waals surface area contributed by atoms with Crippen molar-refractivity contribution >= 4 is 11.8 Å². The molecule has 0 saturated carbocycles. The van der Waals surface area contributed by atoms with Gasteiger partial charge in [0.1, 0.15) is 0 Å². The molecule has 0 fully saturated rings. The summed E-state index contributed by atoms with van der Waals surface area (Å²) in [5.41, 5.74) is 3.98. The first-order valence-corrected chi connectivity index (χ1v) is 7.48. The van der Waals surface area contributed by atoms with Gasteiger partial charge in [-0.25, -0.2) is 4.79 Å². The van der Waals surface area contributed by atoms with Crippen molar-refractivity contribution in [2.45, 2.75) is 12.8 Å². The van der Waals surface area contributed by atoms with E-state index in [2.05, 4.69) is 11.4 Å². The van der Waals surface area contributed by atoms with Gasteiger partial charge in [-0.15, -0.1) is 0 Å². The SMILES string of the molecule is CCOC(=O)NC1=C(C#N)[C@@H](c2ccccc2)c2ccccc21. The molecule has 0 heterocycles. The standard InChI is InChI=1S/C19H16N2O2/c1-2-23-19(22)21-18-15-11-7-6-10-14(15)17(16(18)12-20)13-8-4-3-5-9-13/h3-11,17H,2H2,1H3,(H,21,22)/t17-/m0/s1. The van der Waals surface area contributed by atoms with Crippen LogP contribution in [0.4, 0.5) is 4.79 Å². The first kappa shape index (κ1) is 14.9. The molecule has 2 aromatic rings. The van der Waals surface area contributed by atoms with Crippen molar-refractivity contribution in [2.24, 2.45) is 0 Å². The molecule has 0 radical (unpaired) electrons. The van der Waals surface area contributed by atoms with E-state index < -0.39 is 6.09 Å². The molecule has 1 aliphatic rings. The molecular weight excluding hydrogens is 288 g/mol. The zero-order valence-electron chi connectivity index (χ0n) is 12.7. The van der Waals surface area contributed by atoms with Crippen LogP contribution in [0.3, 0.4) is 0 Å². The van der Waals surface area contributed by atoms with Gasteiger partial charge in [-0.1, -0.05) is 54.6 Å². The third kappa shape index (κ3) is 2.69. The predicted molar refractivity (Wildman–Crippen MR) is 87.4 cm³/mol. The fourth-order valence-corrected chi connectivity index (χ4v) is 2.94. The number of alkyl carbamates (subject to hydrolysis) is 1. The van der Waals surface area contributed by atoms with Crippen LogP contribution >= 0.6 is 0 Å². The number of amides is 1. The highest BCUT2D eigenvalue weighted by molar-refractivity contribution is 5.90. The molecule has 1 atom stereocenters. The summed E-state index contributed by atoms with van der Waals surface area (Å²) >= 11 is 0. The molecule has 114 valence electrons.